The molecule has 5 nitrogen and oxygen atoms in total. The Morgan fingerprint density at radius 1 is 1.17 bits per heavy atom. The number of rotatable bonds is 5. The maximum absolute atomic E-state index is 13.2. The number of hydrogen-bond acceptors (Lipinski definition) is 4. The van der Waals surface area contributed by atoms with E-state index in [1.165, 1.54) is 23.2 Å². The summed E-state index contributed by atoms with van der Waals surface area (Å²) in [7, 11) is 0. The lowest BCUT2D eigenvalue weighted by atomic mass is 10.1. The molecule has 2 heterocycles. The average Bonchev–Trinajstić information content (AvgIpc) is 3.28. The van der Waals surface area contributed by atoms with Crippen molar-refractivity contribution in [2.75, 3.05) is 18.0 Å². The molecule has 0 amide bonds. The van der Waals surface area contributed by atoms with Gasteiger partial charge in [-0.05, 0) is 55.2 Å². The summed E-state index contributed by atoms with van der Waals surface area (Å²) in [5.41, 5.74) is 2.77. The Morgan fingerprint density at radius 2 is 1.90 bits per heavy atom. The molecule has 1 aliphatic heterocycles. The third-order valence-electron chi connectivity index (χ3n) is 5.57. The zero-order valence-electron chi connectivity index (χ0n) is 16.8. The van der Waals surface area contributed by atoms with Gasteiger partial charge in [0.25, 0.3) is 5.56 Å². The van der Waals surface area contributed by atoms with E-state index in [0.717, 1.165) is 29.5 Å². The third-order valence-corrected chi connectivity index (χ3v) is 6.07. The second-order valence-electron chi connectivity index (χ2n) is 7.59. The minimum absolute atomic E-state index is 0.130. The van der Waals surface area contributed by atoms with Crippen LogP contribution in [-0.2, 0) is 0 Å². The first-order chi connectivity index (χ1) is 14.1. The van der Waals surface area contributed by atoms with E-state index in [1.54, 1.807) is 6.21 Å². The number of benzene rings is 2. The number of fused-ring (bicyclic) bond motifs is 1. The maximum Gasteiger partial charge on any atom is 0.282 e. The van der Waals surface area contributed by atoms with E-state index in [4.69, 9.17) is 4.98 Å². The van der Waals surface area contributed by atoms with Crippen LogP contribution in [0.4, 0.5) is 5.69 Å². The van der Waals surface area contributed by atoms with Crippen LogP contribution in [0.3, 0.4) is 0 Å². The Labute approximate surface area is 179 Å². The highest BCUT2D eigenvalue weighted by Gasteiger charge is 2.16. The van der Waals surface area contributed by atoms with E-state index in [-0.39, 0.29) is 11.5 Å². The summed E-state index contributed by atoms with van der Waals surface area (Å²) < 4.78 is 2.31. The second kappa shape index (κ2) is 8.49. The number of anilines is 1. The van der Waals surface area contributed by atoms with E-state index >= 15 is 0 Å². The van der Waals surface area contributed by atoms with Gasteiger partial charge in [-0.25, -0.2) is 4.98 Å². The van der Waals surface area contributed by atoms with Crippen LogP contribution in [0.15, 0.2) is 56.8 Å². The number of halogens is 1. The topological polar surface area (TPSA) is 50.5 Å². The minimum Gasteiger partial charge on any atom is -0.372 e. The van der Waals surface area contributed by atoms with Crippen LogP contribution in [0.1, 0.15) is 50.4 Å². The van der Waals surface area contributed by atoms with E-state index in [9.17, 15) is 4.79 Å². The molecule has 2 aromatic carbocycles. The van der Waals surface area contributed by atoms with Crippen molar-refractivity contribution in [3.8, 4) is 0 Å². The summed E-state index contributed by atoms with van der Waals surface area (Å²) in [6.07, 6.45) is 5.15. The normalized spacial score (nSPS) is 15.5. The number of hydrogen-bond donors (Lipinski definition) is 0. The van der Waals surface area contributed by atoms with Crippen LogP contribution in [0.25, 0.3) is 10.9 Å². The quantitative estimate of drug-likeness (QED) is 0.502. The fourth-order valence-electron chi connectivity index (χ4n) is 3.65. The largest absolute Gasteiger partial charge is 0.372 e. The summed E-state index contributed by atoms with van der Waals surface area (Å²) in [4.78, 5) is 20.3. The van der Waals surface area contributed by atoms with Gasteiger partial charge in [-0.3, -0.25) is 4.79 Å². The summed E-state index contributed by atoms with van der Waals surface area (Å²) in [6, 6.07) is 13.9. The zero-order valence-corrected chi connectivity index (χ0v) is 18.4. The zero-order chi connectivity index (χ0) is 20.4. The predicted octanol–water partition coefficient (Wildman–Crippen LogP) is 5.15. The van der Waals surface area contributed by atoms with Crippen molar-refractivity contribution in [1.29, 1.82) is 0 Å². The summed E-state index contributed by atoms with van der Waals surface area (Å²) >= 11 is 3.44. The lowest BCUT2D eigenvalue weighted by molar-refractivity contribution is 0.613. The van der Waals surface area contributed by atoms with Crippen LogP contribution < -0.4 is 10.5 Å². The van der Waals surface area contributed by atoms with Gasteiger partial charge in [0.15, 0.2) is 0 Å². The van der Waals surface area contributed by atoms with Gasteiger partial charge < -0.3 is 4.90 Å². The molecular weight excluding hydrogens is 428 g/mol. The maximum atomic E-state index is 13.2. The van der Waals surface area contributed by atoms with E-state index in [1.807, 2.05) is 18.2 Å². The summed E-state index contributed by atoms with van der Waals surface area (Å²) in [5.74, 6) is 0.822. The van der Waals surface area contributed by atoms with Gasteiger partial charge in [0.05, 0.1) is 17.1 Å². The fourth-order valence-corrected chi connectivity index (χ4v) is 4.01. The van der Waals surface area contributed by atoms with Crippen molar-refractivity contribution in [1.82, 2.24) is 9.66 Å². The van der Waals surface area contributed by atoms with Gasteiger partial charge in [-0.1, -0.05) is 41.9 Å². The number of aromatic nitrogens is 2. The molecule has 29 heavy (non-hydrogen) atoms. The highest BCUT2D eigenvalue weighted by atomic mass is 79.9. The van der Waals surface area contributed by atoms with Crippen molar-refractivity contribution < 1.29 is 0 Å². The molecule has 3 aromatic rings. The van der Waals surface area contributed by atoms with E-state index in [2.05, 4.69) is 64.0 Å². The van der Waals surface area contributed by atoms with Gasteiger partial charge in [0.1, 0.15) is 5.82 Å². The van der Waals surface area contributed by atoms with Gasteiger partial charge in [-0.2, -0.15) is 9.78 Å². The van der Waals surface area contributed by atoms with E-state index in [0.29, 0.717) is 16.7 Å². The molecule has 0 unspecified atom stereocenters. The molecule has 0 spiro atoms. The monoisotopic (exact) mass is 452 g/mol. The molecule has 1 fully saturated rings. The summed E-state index contributed by atoms with van der Waals surface area (Å²) in [5, 5.41) is 5.10. The molecule has 1 atom stereocenters. The SMILES string of the molecule is CC[C@H](C)c1nc2ccc(Br)cc2c(=O)n1N=Cc1ccc(N2CCCC2)cc1. The number of nitrogens with zero attached hydrogens (tertiary/aromatic N) is 4. The summed E-state index contributed by atoms with van der Waals surface area (Å²) in [6.45, 7) is 6.41. The first-order valence-electron chi connectivity index (χ1n) is 10.2. The van der Waals surface area contributed by atoms with Crippen LogP contribution in [-0.4, -0.2) is 29.0 Å². The fraction of sp³-hybridized carbons (Fsp3) is 0.348. The Morgan fingerprint density at radius 3 is 2.59 bits per heavy atom. The van der Waals surface area contributed by atoms with Gasteiger partial charge in [0, 0.05) is 29.2 Å². The minimum atomic E-state index is -0.142. The van der Waals surface area contributed by atoms with Crippen molar-refractivity contribution in [3.63, 3.8) is 0 Å². The van der Waals surface area contributed by atoms with Crippen molar-refractivity contribution >= 4 is 38.7 Å². The van der Waals surface area contributed by atoms with Crippen LogP contribution >= 0.6 is 15.9 Å². The average molecular weight is 453 g/mol. The molecule has 1 saturated heterocycles. The Bertz CT molecular complexity index is 1100. The molecule has 0 saturated carbocycles. The van der Waals surface area contributed by atoms with Gasteiger partial charge in [-0.15, -0.1) is 0 Å². The smallest absolute Gasteiger partial charge is 0.282 e. The highest BCUT2D eigenvalue weighted by molar-refractivity contribution is 9.10. The lowest BCUT2D eigenvalue weighted by Crippen LogP contribution is -2.23. The first-order valence-corrected chi connectivity index (χ1v) is 11.0. The Balaban J connectivity index is 1.72. The predicted molar refractivity (Wildman–Crippen MR) is 123 cm³/mol. The molecule has 4 rings (SSSR count). The molecular formula is C23H25BrN4O. The van der Waals surface area contributed by atoms with Crippen molar-refractivity contribution in [2.45, 2.75) is 39.0 Å². The third kappa shape index (κ3) is 4.13. The van der Waals surface area contributed by atoms with Gasteiger partial charge in [0.2, 0.25) is 0 Å². The van der Waals surface area contributed by atoms with Crippen molar-refractivity contribution in [2.24, 2.45) is 5.10 Å². The molecule has 0 aliphatic carbocycles. The van der Waals surface area contributed by atoms with Crippen LogP contribution in [0.2, 0.25) is 0 Å². The standard InChI is InChI=1S/C23H25BrN4O/c1-3-16(2)22-26-21-11-8-18(24)14-20(21)23(29)28(22)25-15-17-6-9-19(10-7-17)27-12-4-5-13-27/h6-11,14-16H,3-5,12-13H2,1-2H3/t16-/m0/s1. The van der Waals surface area contributed by atoms with Gasteiger partial charge >= 0.3 is 0 Å². The molecule has 0 N–H and O–H groups in total. The first kappa shape index (κ1) is 19.8. The lowest BCUT2D eigenvalue weighted by Gasteiger charge is -2.17. The Kier molecular flexibility index (Phi) is 5.81. The highest BCUT2D eigenvalue weighted by Crippen LogP contribution is 2.22. The Hall–Kier alpha value is -2.47. The van der Waals surface area contributed by atoms with Crippen molar-refractivity contribution in [3.05, 3.63) is 68.7 Å². The second-order valence-corrected chi connectivity index (χ2v) is 8.50. The molecule has 1 aromatic heterocycles. The van der Waals surface area contributed by atoms with E-state index < -0.39 is 0 Å². The van der Waals surface area contributed by atoms with Crippen LogP contribution in [0, 0.1) is 0 Å². The molecule has 0 bridgehead atoms. The molecule has 6 heteroatoms. The molecule has 1 aliphatic rings. The van der Waals surface area contributed by atoms with Crippen LogP contribution in [0.5, 0.6) is 0 Å². The molecule has 150 valence electrons. The molecule has 0 radical (unpaired) electrons.